The molecule has 0 fully saturated rings. The second-order valence-electron chi connectivity index (χ2n) is 4.52. The molecule has 6 heteroatoms. The SMILES string of the molecule is COc1ccc(N)cc1Cc1ccnc2[nH]c(=O)[nH]c12. The van der Waals surface area contributed by atoms with Crippen LogP contribution in [0.25, 0.3) is 11.2 Å². The van der Waals surface area contributed by atoms with Crippen LogP contribution in [-0.4, -0.2) is 22.1 Å². The van der Waals surface area contributed by atoms with Gasteiger partial charge in [0.05, 0.1) is 12.6 Å². The highest BCUT2D eigenvalue weighted by atomic mass is 16.5. The fourth-order valence-electron chi connectivity index (χ4n) is 2.28. The van der Waals surface area contributed by atoms with E-state index in [-0.39, 0.29) is 5.69 Å². The van der Waals surface area contributed by atoms with Crippen molar-refractivity contribution in [3.63, 3.8) is 0 Å². The summed E-state index contributed by atoms with van der Waals surface area (Å²) in [4.78, 5) is 20.9. The quantitative estimate of drug-likeness (QED) is 0.627. The van der Waals surface area contributed by atoms with Crippen molar-refractivity contribution in [3.05, 3.63) is 52.1 Å². The second kappa shape index (κ2) is 4.73. The summed E-state index contributed by atoms with van der Waals surface area (Å²) in [5, 5.41) is 0. The summed E-state index contributed by atoms with van der Waals surface area (Å²) in [6.07, 6.45) is 2.27. The Balaban J connectivity index is 2.09. The number of nitrogens with one attached hydrogen (secondary N) is 2. The highest BCUT2D eigenvalue weighted by Gasteiger charge is 2.10. The van der Waals surface area contributed by atoms with Gasteiger partial charge in [-0.05, 0) is 29.8 Å². The smallest absolute Gasteiger partial charge is 0.325 e. The Morgan fingerprint density at radius 1 is 1.25 bits per heavy atom. The first-order valence-corrected chi connectivity index (χ1v) is 6.15. The summed E-state index contributed by atoms with van der Waals surface area (Å²) >= 11 is 0. The zero-order chi connectivity index (χ0) is 14.1. The Hall–Kier alpha value is -2.76. The molecule has 3 rings (SSSR count). The third kappa shape index (κ3) is 2.11. The van der Waals surface area contributed by atoms with E-state index in [4.69, 9.17) is 10.5 Å². The number of hydrogen-bond donors (Lipinski definition) is 3. The first-order valence-electron chi connectivity index (χ1n) is 6.15. The van der Waals surface area contributed by atoms with Crippen LogP contribution in [-0.2, 0) is 6.42 Å². The third-order valence-corrected chi connectivity index (χ3v) is 3.19. The average Bonchev–Trinajstić information content (AvgIpc) is 2.80. The molecule has 4 N–H and O–H groups in total. The van der Waals surface area contributed by atoms with E-state index in [2.05, 4.69) is 15.0 Å². The predicted octanol–water partition coefficient (Wildman–Crippen LogP) is 1.43. The maximum atomic E-state index is 11.4. The number of nitrogen functional groups attached to an aromatic ring is 1. The molecule has 0 aliphatic heterocycles. The monoisotopic (exact) mass is 270 g/mol. The fraction of sp³-hybridized carbons (Fsp3) is 0.143. The molecular formula is C14H14N4O2. The van der Waals surface area contributed by atoms with Gasteiger partial charge in [0.1, 0.15) is 5.75 Å². The number of nitrogens with zero attached hydrogens (tertiary/aromatic N) is 1. The zero-order valence-corrected chi connectivity index (χ0v) is 10.9. The van der Waals surface area contributed by atoms with Crippen molar-refractivity contribution in [2.45, 2.75) is 6.42 Å². The molecule has 0 radical (unpaired) electrons. The minimum atomic E-state index is -0.264. The van der Waals surface area contributed by atoms with E-state index >= 15 is 0 Å². The molecule has 2 heterocycles. The van der Waals surface area contributed by atoms with Crippen molar-refractivity contribution in [3.8, 4) is 5.75 Å². The largest absolute Gasteiger partial charge is 0.496 e. The third-order valence-electron chi connectivity index (χ3n) is 3.19. The number of H-pyrrole nitrogens is 2. The lowest BCUT2D eigenvalue weighted by molar-refractivity contribution is 0.410. The predicted molar refractivity (Wildman–Crippen MR) is 76.9 cm³/mol. The summed E-state index contributed by atoms with van der Waals surface area (Å²) in [6.45, 7) is 0. The van der Waals surface area contributed by atoms with Gasteiger partial charge >= 0.3 is 5.69 Å². The molecule has 0 atom stereocenters. The van der Waals surface area contributed by atoms with Gasteiger partial charge in [0.25, 0.3) is 0 Å². The molecular weight excluding hydrogens is 256 g/mol. The van der Waals surface area contributed by atoms with Crippen LogP contribution in [0.3, 0.4) is 0 Å². The molecule has 3 aromatic rings. The van der Waals surface area contributed by atoms with Crippen LogP contribution >= 0.6 is 0 Å². The van der Waals surface area contributed by atoms with E-state index in [1.165, 1.54) is 0 Å². The first-order chi connectivity index (χ1) is 9.67. The Morgan fingerprint density at radius 3 is 2.90 bits per heavy atom. The van der Waals surface area contributed by atoms with Gasteiger partial charge in [-0.2, -0.15) is 0 Å². The summed E-state index contributed by atoms with van der Waals surface area (Å²) in [7, 11) is 1.62. The van der Waals surface area contributed by atoms with Crippen LogP contribution in [0, 0.1) is 0 Å². The molecule has 0 aliphatic rings. The number of anilines is 1. The van der Waals surface area contributed by atoms with E-state index in [1.807, 2.05) is 18.2 Å². The van der Waals surface area contributed by atoms with E-state index in [9.17, 15) is 4.79 Å². The zero-order valence-electron chi connectivity index (χ0n) is 10.9. The van der Waals surface area contributed by atoms with Crippen LogP contribution < -0.4 is 16.2 Å². The van der Waals surface area contributed by atoms with Crippen LogP contribution in [0.2, 0.25) is 0 Å². The lowest BCUT2D eigenvalue weighted by atomic mass is 10.0. The Morgan fingerprint density at radius 2 is 2.10 bits per heavy atom. The number of aromatic amines is 2. The summed E-state index contributed by atoms with van der Waals surface area (Å²) in [6, 6.07) is 7.37. The van der Waals surface area contributed by atoms with Gasteiger partial charge in [-0.25, -0.2) is 9.78 Å². The number of benzene rings is 1. The minimum absolute atomic E-state index is 0.264. The van der Waals surface area contributed by atoms with Crippen LogP contribution in [0.1, 0.15) is 11.1 Å². The van der Waals surface area contributed by atoms with Crippen molar-refractivity contribution in [1.29, 1.82) is 0 Å². The van der Waals surface area contributed by atoms with Gasteiger partial charge in [0.15, 0.2) is 5.65 Å². The Bertz CT molecular complexity index is 819. The van der Waals surface area contributed by atoms with Crippen LogP contribution in [0.15, 0.2) is 35.3 Å². The van der Waals surface area contributed by atoms with Crippen molar-refractivity contribution in [1.82, 2.24) is 15.0 Å². The molecule has 0 saturated heterocycles. The molecule has 0 aliphatic carbocycles. The van der Waals surface area contributed by atoms with Gasteiger partial charge < -0.3 is 15.5 Å². The van der Waals surface area contributed by atoms with E-state index < -0.39 is 0 Å². The fourth-order valence-corrected chi connectivity index (χ4v) is 2.28. The van der Waals surface area contributed by atoms with Crippen molar-refractivity contribution < 1.29 is 4.74 Å². The van der Waals surface area contributed by atoms with Gasteiger partial charge in [0, 0.05) is 23.9 Å². The number of imidazole rings is 1. The van der Waals surface area contributed by atoms with Gasteiger partial charge in [0.2, 0.25) is 0 Å². The maximum absolute atomic E-state index is 11.4. The number of fused-ring (bicyclic) bond motifs is 1. The van der Waals surface area contributed by atoms with Crippen molar-refractivity contribution in [2.75, 3.05) is 12.8 Å². The van der Waals surface area contributed by atoms with Crippen molar-refractivity contribution >= 4 is 16.9 Å². The van der Waals surface area contributed by atoms with E-state index in [1.54, 1.807) is 19.4 Å². The number of hydrogen-bond acceptors (Lipinski definition) is 4. The normalized spacial score (nSPS) is 10.8. The lowest BCUT2D eigenvalue weighted by Crippen LogP contribution is -2.00. The highest BCUT2D eigenvalue weighted by molar-refractivity contribution is 5.74. The van der Waals surface area contributed by atoms with Crippen LogP contribution in [0.5, 0.6) is 5.75 Å². The average molecular weight is 270 g/mol. The Labute approximate surface area is 114 Å². The van der Waals surface area contributed by atoms with Gasteiger partial charge in [-0.3, -0.25) is 4.98 Å². The molecule has 6 nitrogen and oxygen atoms in total. The molecule has 0 spiro atoms. The van der Waals surface area contributed by atoms with Gasteiger partial charge in [-0.15, -0.1) is 0 Å². The highest BCUT2D eigenvalue weighted by Crippen LogP contribution is 2.25. The molecule has 0 unspecified atom stereocenters. The molecule has 1 aromatic carbocycles. The van der Waals surface area contributed by atoms with Crippen molar-refractivity contribution in [2.24, 2.45) is 0 Å². The molecule has 0 saturated carbocycles. The standard InChI is InChI=1S/C14H14N4O2/c1-20-11-3-2-10(15)7-9(11)6-8-4-5-16-13-12(8)17-14(19)18-13/h2-5,7H,6,15H2,1H3,(H2,16,17,18,19). The first kappa shape index (κ1) is 12.3. The number of rotatable bonds is 3. The van der Waals surface area contributed by atoms with Crippen LogP contribution in [0.4, 0.5) is 5.69 Å². The van der Waals surface area contributed by atoms with E-state index in [0.717, 1.165) is 16.9 Å². The number of methoxy groups -OCH3 is 1. The molecule has 0 bridgehead atoms. The Kier molecular flexibility index (Phi) is 2.90. The molecule has 102 valence electrons. The number of nitrogens with two attached hydrogens (primary N) is 1. The molecule has 2 aromatic heterocycles. The second-order valence-corrected chi connectivity index (χ2v) is 4.52. The summed E-state index contributed by atoms with van der Waals surface area (Å²) in [5.41, 5.74) is 9.41. The maximum Gasteiger partial charge on any atom is 0.325 e. The molecule has 0 amide bonds. The summed E-state index contributed by atoms with van der Waals surface area (Å²) < 4.78 is 5.34. The topological polar surface area (TPSA) is 96.8 Å². The van der Waals surface area contributed by atoms with Gasteiger partial charge in [-0.1, -0.05) is 0 Å². The van der Waals surface area contributed by atoms with E-state index in [0.29, 0.717) is 23.3 Å². The number of pyridine rings is 1. The molecule has 20 heavy (non-hydrogen) atoms. The lowest BCUT2D eigenvalue weighted by Gasteiger charge is -2.09. The number of ether oxygens (including phenoxy) is 1. The minimum Gasteiger partial charge on any atom is -0.496 e. The number of aromatic nitrogens is 3. The summed E-state index contributed by atoms with van der Waals surface area (Å²) in [5.74, 6) is 0.766.